The van der Waals surface area contributed by atoms with E-state index in [4.69, 9.17) is 9.47 Å². The van der Waals surface area contributed by atoms with Gasteiger partial charge in [-0.2, -0.15) is 0 Å². The third-order valence-electron chi connectivity index (χ3n) is 3.69. The van der Waals surface area contributed by atoms with Crippen molar-refractivity contribution < 1.29 is 23.9 Å². The van der Waals surface area contributed by atoms with Gasteiger partial charge in [0, 0.05) is 6.42 Å². The van der Waals surface area contributed by atoms with Gasteiger partial charge in [-0.3, -0.25) is 14.4 Å². The van der Waals surface area contributed by atoms with E-state index in [0.717, 1.165) is 5.57 Å². The van der Waals surface area contributed by atoms with E-state index in [9.17, 15) is 14.4 Å². The van der Waals surface area contributed by atoms with E-state index in [0.29, 0.717) is 16.4 Å². The molecule has 0 N–H and O–H groups in total. The van der Waals surface area contributed by atoms with Gasteiger partial charge in [0.05, 0.1) is 17.8 Å². The van der Waals surface area contributed by atoms with Gasteiger partial charge in [0.1, 0.15) is 0 Å². The molecule has 0 heterocycles. The molecule has 0 amide bonds. The first-order chi connectivity index (χ1) is 8.46. The van der Waals surface area contributed by atoms with Gasteiger partial charge in [0.15, 0.2) is 11.2 Å². The summed E-state index contributed by atoms with van der Waals surface area (Å²) in [4.78, 5) is 35.4. The number of methoxy groups -OCH3 is 2. The third-order valence-corrected chi connectivity index (χ3v) is 4.99. The van der Waals surface area contributed by atoms with Gasteiger partial charge in [0.25, 0.3) is 0 Å². The zero-order valence-corrected chi connectivity index (χ0v) is 12.3. The third kappa shape index (κ3) is 1.77. The molecule has 0 spiro atoms. The highest BCUT2D eigenvalue weighted by Crippen LogP contribution is 2.53. The standard InChI is InChI=1S/C12H13IO5/c1-17-10(15)12(11(16)18-2)4-6-3-8(14)9(13)7(6)5-12/h6H,3-5H2,1-2H3. The molecule has 2 aliphatic carbocycles. The molecule has 6 heteroatoms. The van der Waals surface area contributed by atoms with Crippen molar-refractivity contribution in [2.75, 3.05) is 14.2 Å². The number of hydrogen-bond donors (Lipinski definition) is 0. The Morgan fingerprint density at radius 2 is 1.83 bits per heavy atom. The average molecular weight is 364 g/mol. The van der Waals surface area contributed by atoms with E-state index in [-0.39, 0.29) is 18.1 Å². The van der Waals surface area contributed by atoms with Crippen LogP contribution in [0.2, 0.25) is 0 Å². The highest BCUT2D eigenvalue weighted by Gasteiger charge is 2.57. The van der Waals surface area contributed by atoms with Crippen LogP contribution in [0.5, 0.6) is 0 Å². The molecular formula is C12H13IO5. The number of carbonyl (C=O) groups is 3. The fourth-order valence-corrected chi connectivity index (χ4v) is 3.67. The number of allylic oxidation sites excluding steroid dienone is 2. The highest BCUT2D eigenvalue weighted by molar-refractivity contribution is 14.1. The topological polar surface area (TPSA) is 69.7 Å². The Morgan fingerprint density at radius 1 is 1.28 bits per heavy atom. The van der Waals surface area contributed by atoms with Crippen molar-refractivity contribution >= 4 is 40.3 Å². The van der Waals surface area contributed by atoms with Gasteiger partial charge in [-0.05, 0) is 46.9 Å². The summed E-state index contributed by atoms with van der Waals surface area (Å²) in [6, 6.07) is 0. The number of hydrogen-bond acceptors (Lipinski definition) is 5. The van der Waals surface area contributed by atoms with E-state index in [1.807, 2.05) is 22.6 Å². The minimum Gasteiger partial charge on any atom is -0.468 e. The van der Waals surface area contributed by atoms with Crippen LogP contribution in [0.4, 0.5) is 0 Å². The number of rotatable bonds is 2. The summed E-state index contributed by atoms with van der Waals surface area (Å²) in [5, 5.41) is 0. The maximum absolute atomic E-state index is 11.9. The summed E-state index contributed by atoms with van der Waals surface area (Å²) in [5.41, 5.74) is -0.364. The summed E-state index contributed by atoms with van der Waals surface area (Å²) in [6.45, 7) is 0. The van der Waals surface area contributed by atoms with Crippen LogP contribution in [0.3, 0.4) is 0 Å². The lowest BCUT2D eigenvalue weighted by Crippen LogP contribution is -2.39. The van der Waals surface area contributed by atoms with Crippen LogP contribution in [-0.2, 0) is 23.9 Å². The van der Waals surface area contributed by atoms with Gasteiger partial charge in [-0.15, -0.1) is 0 Å². The molecule has 2 rings (SSSR count). The Morgan fingerprint density at radius 3 is 2.28 bits per heavy atom. The number of esters is 2. The number of ether oxygens (including phenoxy) is 2. The van der Waals surface area contributed by atoms with Crippen LogP contribution in [0.15, 0.2) is 9.15 Å². The van der Waals surface area contributed by atoms with Crippen molar-refractivity contribution in [1.82, 2.24) is 0 Å². The summed E-state index contributed by atoms with van der Waals surface area (Å²) in [5.74, 6) is -1.08. The van der Waals surface area contributed by atoms with Gasteiger partial charge in [0.2, 0.25) is 0 Å². The van der Waals surface area contributed by atoms with Gasteiger partial charge in [-0.25, -0.2) is 0 Å². The molecule has 0 aromatic rings. The van der Waals surface area contributed by atoms with Crippen molar-refractivity contribution in [3.63, 3.8) is 0 Å². The monoisotopic (exact) mass is 364 g/mol. The van der Waals surface area contributed by atoms with Crippen LogP contribution in [0.1, 0.15) is 19.3 Å². The summed E-state index contributed by atoms with van der Waals surface area (Å²) >= 11 is 1.99. The fraction of sp³-hybridized carbons (Fsp3) is 0.583. The molecule has 1 unspecified atom stereocenters. The van der Waals surface area contributed by atoms with Crippen LogP contribution in [-0.4, -0.2) is 31.9 Å². The zero-order valence-electron chi connectivity index (χ0n) is 10.1. The first kappa shape index (κ1) is 13.5. The van der Waals surface area contributed by atoms with Crippen LogP contribution < -0.4 is 0 Å². The minimum atomic E-state index is -1.26. The SMILES string of the molecule is COC(=O)C1(C(=O)OC)CC2=C(I)C(=O)CC2C1. The first-order valence-corrected chi connectivity index (χ1v) is 6.62. The van der Waals surface area contributed by atoms with Crippen molar-refractivity contribution in [3.8, 4) is 0 Å². The number of ketones is 1. The number of carbonyl (C=O) groups excluding carboxylic acids is 3. The lowest BCUT2D eigenvalue weighted by Gasteiger charge is -2.23. The second-order valence-corrected chi connectivity index (χ2v) is 5.69. The zero-order chi connectivity index (χ0) is 13.5. The van der Waals surface area contributed by atoms with E-state index < -0.39 is 17.4 Å². The Kier molecular flexibility index (Phi) is 3.48. The summed E-state index contributed by atoms with van der Waals surface area (Å²) < 4.78 is 10.1. The molecule has 0 aromatic heterocycles. The molecule has 0 bridgehead atoms. The Balaban J connectivity index is 2.40. The second-order valence-electron chi connectivity index (χ2n) is 4.61. The summed E-state index contributed by atoms with van der Waals surface area (Å²) in [6.07, 6.45) is 0.921. The quantitative estimate of drug-likeness (QED) is 0.421. The molecule has 18 heavy (non-hydrogen) atoms. The lowest BCUT2D eigenvalue weighted by molar-refractivity contribution is -0.168. The molecule has 1 atom stereocenters. The predicted octanol–water partition coefficient (Wildman–Crippen LogP) is 1.39. The summed E-state index contributed by atoms with van der Waals surface area (Å²) in [7, 11) is 2.51. The Bertz CT molecular complexity index is 449. The molecule has 0 saturated heterocycles. The second kappa shape index (κ2) is 4.64. The van der Waals surface area contributed by atoms with E-state index >= 15 is 0 Å². The fourth-order valence-electron chi connectivity index (χ4n) is 2.82. The molecule has 1 saturated carbocycles. The van der Waals surface area contributed by atoms with E-state index in [2.05, 4.69) is 0 Å². The van der Waals surface area contributed by atoms with Gasteiger partial charge < -0.3 is 9.47 Å². The minimum absolute atomic E-state index is 0.0254. The lowest BCUT2D eigenvalue weighted by atomic mass is 9.84. The van der Waals surface area contributed by atoms with Gasteiger partial charge in [-0.1, -0.05) is 0 Å². The van der Waals surface area contributed by atoms with E-state index in [1.54, 1.807) is 0 Å². The first-order valence-electron chi connectivity index (χ1n) is 5.55. The number of halogens is 1. The van der Waals surface area contributed by atoms with Crippen molar-refractivity contribution in [2.45, 2.75) is 19.3 Å². The molecular weight excluding hydrogens is 351 g/mol. The maximum Gasteiger partial charge on any atom is 0.323 e. The normalized spacial score (nSPS) is 25.1. The number of Topliss-reactive ketones (excluding diaryl/α,β-unsaturated/α-hetero) is 1. The largest absolute Gasteiger partial charge is 0.468 e. The van der Waals surface area contributed by atoms with Crippen LogP contribution >= 0.6 is 22.6 Å². The van der Waals surface area contributed by atoms with Crippen molar-refractivity contribution in [1.29, 1.82) is 0 Å². The predicted molar refractivity (Wildman–Crippen MR) is 69.9 cm³/mol. The van der Waals surface area contributed by atoms with Crippen molar-refractivity contribution in [2.24, 2.45) is 11.3 Å². The number of fused-ring (bicyclic) bond motifs is 1. The van der Waals surface area contributed by atoms with Crippen LogP contribution in [0.25, 0.3) is 0 Å². The Labute approximate surface area is 118 Å². The van der Waals surface area contributed by atoms with Crippen LogP contribution in [0, 0.1) is 11.3 Å². The molecule has 0 aliphatic heterocycles. The molecule has 0 aromatic carbocycles. The smallest absolute Gasteiger partial charge is 0.323 e. The average Bonchev–Trinajstić information content (AvgIpc) is 2.86. The van der Waals surface area contributed by atoms with Crippen molar-refractivity contribution in [3.05, 3.63) is 9.15 Å². The molecule has 2 aliphatic rings. The molecule has 0 radical (unpaired) electrons. The van der Waals surface area contributed by atoms with Gasteiger partial charge >= 0.3 is 11.9 Å². The Hall–Kier alpha value is -0.920. The molecule has 5 nitrogen and oxygen atoms in total. The maximum atomic E-state index is 11.9. The highest BCUT2D eigenvalue weighted by atomic mass is 127. The molecule has 98 valence electrons. The van der Waals surface area contributed by atoms with E-state index in [1.165, 1.54) is 14.2 Å². The molecule has 1 fully saturated rings.